The van der Waals surface area contributed by atoms with E-state index in [-0.39, 0.29) is 5.41 Å². The van der Waals surface area contributed by atoms with Gasteiger partial charge in [-0.05, 0) is 6.42 Å². The Morgan fingerprint density at radius 2 is 2.23 bits per heavy atom. The summed E-state index contributed by atoms with van der Waals surface area (Å²) in [5.41, 5.74) is 1.31. The number of nitrogens with zero attached hydrogens (tertiary/aromatic N) is 3. The van der Waals surface area contributed by atoms with Crippen molar-refractivity contribution in [3.8, 4) is 0 Å². The second-order valence-electron chi connectivity index (χ2n) is 4.11. The predicted octanol–water partition coefficient (Wildman–Crippen LogP) is 2.27. The zero-order chi connectivity index (χ0) is 10.1. The van der Waals surface area contributed by atoms with Gasteiger partial charge in [-0.2, -0.15) is 0 Å². The molecule has 74 valence electrons. The average molecular weight is 246 g/mol. The van der Waals surface area contributed by atoms with Crippen LogP contribution >= 0.6 is 15.9 Å². The monoisotopic (exact) mass is 245 g/mol. The fourth-order valence-electron chi connectivity index (χ4n) is 1.71. The first kappa shape index (κ1) is 10.7. The van der Waals surface area contributed by atoms with Gasteiger partial charge >= 0.3 is 0 Å². The van der Waals surface area contributed by atoms with Gasteiger partial charge in [0.1, 0.15) is 0 Å². The van der Waals surface area contributed by atoms with Gasteiger partial charge in [-0.25, -0.2) is 0 Å². The fourth-order valence-corrected chi connectivity index (χ4v) is 2.52. The van der Waals surface area contributed by atoms with Crippen molar-refractivity contribution in [2.45, 2.75) is 37.4 Å². The van der Waals surface area contributed by atoms with Gasteiger partial charge in [0.05, 0.1) is 11.9 Å². The van der Waals surface area contributed by atoms with Gasteiger partial charge in [0.25, 0.3) is 0 Å². The fraction of sp³-hybridized carbons (Fsp3) is 0.778. The minimum atomic E-state index is 0.126. The molecule has 0 saturated heterocycles. The first-order valence-corrected chi connectivity index (χ1v) is 5.34. The number of halogens is 1. The summed E-state index contributed by atoms with van der Waals surface area (Å²) in [6.07, 6.45) is 2.92. The van der Waals surface area contributed by atoms with Crippen LogP contribution in [0.25, 0.3) is 0 Å². The molecule has 1 atom stereocenters. The molecule has 0 amide bonds. The zero-order valence-electron chi connectivity index (χ0n) is 8.58. The first-order valence-electron chi connectivity index (χ1n) is 4.43. The molecule has 0 spiro atoms. The van der Waals surface area contributed by atoms with E-state index in [0.717, 1.165) is 6.42 Å². The predicted molar refractivity (Wildman–Crippen MR) is 57.0 cm³/mol. The van der Waals surface area contributed by atoms with Gasteiger partial charge in [0.15, 0.2) is 0 Å². The molecule has 0 aliphatic carbocycles. The van der Waals surface area contributed by atoms with Crippen molar-refractivity contribution in [3.63, 3.8) is 0 Å². The van der Waals surface area contributed by atoms with E-state index >= 15 is 0 Å². The zero-order valence-corrected chi connectivity index (χ0v) is 10.2. The number of aromatic nitrogens is 3. The summed E-state index contributed by atoms with van der Waals surface area (Å²) < 4.78 is 1.84. The second-order valence-corrected chi connectivity index (χ2v) is 5.67. The Kier molecular flexibility index (Phi) is 3.11. The maximum Gasteiger partial charge on any atom is 0.0730 e. The SMILES string of the molecule is CC(Br)CC(C)(C)c1cnnn1C. The van der Waals surface area contributed by atoms with Gasteiger partial charge in [-0.3, -0.25) is 4.68 Å². The molecule has 0 aliphatic rings. The Morgan fingerprint density at radius 1 is 1.62 bits per heavy atom. The third kappa shape index (κ3) is 2.53. The van der Waals surface area contributed by atoms with E-state index in [9.17, 15) is 0 Å². The van der Waals surface area contributed by atoms with Crippen LogP contribution in [0.4, 0.5) is 0 Å². The van der Waals surface area contributed by atoms with E-state index in [2.05, 4.69) is 47.0 Å². The Morgan fingerprint density at radius 3 is 2.62 bits per heavy atom. The molecule has 0 aromatic carbocycles. The normalized spacial score (nSPS) is 14.5. The van der Waals surface area contributed by atoms with Crippen molar-refractivity contribution >= 4 is 15.9 Å². The Hall–Kier alpha value is -0.380. The highest BCUT2D eigenvalue weighted by Crippen LogP contribution is 2.29. The molecule has 0 bridgehead atoms. The van der Waals surface area contributed by atoms with E-state index in [1.807, 2.05) is 17.9 Å². The summed E-state index contributed by atoms with van der Waals surface area (Å²) in [7, 11) is 1.93. The molecule has 1 aromatic heterocycles. The number of aryl methyl sites for hydroxylation is 1. The molecular formula is C9H16BrN3. The van der Waals surface area contributed by atoms with E-state index in [0.29, 0.717) is 4.83 Å². The molecule has 0 fully saturated rings. The molecule has 0 N–H and O–H groups in total. The van der Waals surface area contributed by atoms with Crippen molar-refractivity contribution in [1.29, 1.82) is 0 Å². The van der Waals surface area contributed by atoms with Crippen LogP contribution in [0.3, 0.4) is 0 Å². The highest BCUT2D eigenvalue weighted by Gasteiger charge is 2.25. The quantitative estimate of drug-likeness (QED) is 0.766. The lowest BCUT2D eigenvalue weighted by atomic mass is 9.85. The number of rotatable bonds is 3. The average Bonchev–Trinajstić information content (AvgIpc) is 2.32. The summed E-state index contributed by atoms with van der Waals surface area (Å²) in [4.78, 5) is 0.511. The molecule has 0 saturated carbocycles. The van der Waals surface area contributed by atoms with Crippen molar-refractivity contribution in [2.24, 2.45) is 7.05 Å². The van der Waals surface area contributed by atoms with Crippen LogP contribution in [0, 0.1) is 0 Å². The number of hydrogen-bond acceptors (Lipinski definition) is 2. The highest BCUT2D eigenvalue weighted by molar-refractivity contribution is 9.09. The van der Waals surface area contributed by atoms with Gasteiger partial charge in [0.2, 0.25) is 0 Å². The van der Waals surface area contributed by atoms with Crippen LogP contribution in [0.1, 0.15) is 32.9 Å². The molecule has 1 aromatic rings. The molecule has 0 radical (unpaired) electrons. The van der Waals surface area contributed by atoms with Crippen LogP contribution < -0.4 is 0 Å². The third-order valence-electron chi connectivity index (χ3n) is 2.20. The van der Waals surface area contributed by atoms with Gasteiger partial charge in [0, 0.05) is 17.3 Å². The standard InChI is InChI=1S/C9H16BrN3/c1-7(10)5-9(2,3)8-6-11-12-13(8)4/h6-7H,5H2,1-4H3. The van der Waals surface area contributed by atoms with Crippen LogP contribution in [-0.2, 0) is 12.5 Å². The molecular weight excluding hydrogens is 230 g/mol. The van der Waals surface area contributed by atoms with Crippen LogP contribution in [-0.4, -0.2) is 19.8 Å². The lowest BCUT2D eigenvalue weighted by Crippen LogP contribution is -2.23. The summed E-state index contributed by atoms with van der Waals surface area (Å²) in [6, 6.07) is 0. The van der Waals surface area contributed by atoms with Crippen LogP contribution in [0.5, 0.6) is 0 Å². The number of alkyl halides is 1. The Bertz CT molecular complexity index is 278. The summed E-state index contributed by atoms with van der Waals surface area (Å²) in [6.45, 7) is 6.58. The van der Waals surface area contributed by atoms with Crippen molar-refractivity contribution in [3.05, 3.63) is 11.9 Å². The summed E-state index contributed by atoms with van der Waals surface area (Å²) >= 11 is 3.57. The van der Waals surface area contributed by atoms with E-state index in [1.165, 1.54) is 5.69 Å². The summed E-state index contributed by atoms with van der Waals surface area (Å²) in [5, 5.41) is 7.83. The van der Waals surface area contributed by atoms with E-state index in [4.69, 9.17) is 0 Å². The molecule has 13 heavy (non-hydrogen) atoms. The van der Waals surface area contributed by atoms with Crippen molar-refractivity contribution in [2.75, 3.05) is 0 Å². The minimum absolute atomic E-state index is 0.126. The molecule has 1 unspecified atom stereocenters. The number of hydrogen-bond donors (Lipinski definition) is 0. The first-order chi connectivity index (χ1) is 5.93. The Labute approximate surface area is 87.6 Å². The smallest absolute Gasteiger partial charge is 0.0730 e. The molecule has 1 rings (SSSR count). The van der Waals surface area contributed by atoms with Crippen molar-refractivity contribution in [1.82, 2.24) is 15.0 Å². The largest absolute Gasteiger partial charge is 0.252 e. The van der Waals surface area contributed by atoms with Crippen LogP contribution in [0.15, 0.2) is 6.20 Å². The molecule has 3 nitrogen and oxygen atoms in total. The van der Waals surface area contributed by atoms with E-state index < -0.39 is 0 Å². The van der Waals surface area contributed by atoms with Gasteiger partial charge in [-0.1, -0.05) is 41.9 Å². The highest BCUT2D eigenvalue weighted by atomic mass is 79.9. The van der Waals surface area contributed by atoms with Crippen LogP contribution in [0.2, 0.25) is 0 Å². The lowest BCUT2D eigenvalue weighted by molar-refractivity contribution is 0.442. The topological polar surface area (TPSA) is 30.7 Å². The second kappa shape index (κ2) is 3.78. The third-order valence-corrected chi connectivity index (χ3v) is 2.52. The maximum atomic E-state index is 3.94. The van der Waals surface area contributed by atoms with Gasteiger partial charge in [-0.15, -0.1) is 5.10 Å². The maximum absolute atomic E-state index is 3.94. The molecule has 4 heteroatoms. The Balaban J connectivity index is 2.87. The van der Waals surface area contributed by atoms with Crippen molar-refractivity contribution < 1.29 is 0 Å². The van der Waals surface area contributed by atoms with Gasteiger partial charge < -0.3 is 0 Å². The molecule has 0 aliphatic heterocycles. The lowest BCUT2D eigenvalue weighted by Gasteiger charge is -2.25. The minimum Gasteiger partial charge on any atom is -0.252 e. The summed E-state index contributed by atoms with van der Waals surface area (Å²) in [5.74, 6) is 0. The van der Waals surface area contributed by atoms with E-state index in [1.54, 1.807) is 0 Å². The molecule has 1 heterocycles.